The summed E-state index contributed by atoms with van der Waals surface area (Å²) >= 11 is 0. The topological polar surface area (TPSA) is 77.7 Å². The summed E-state index contributed by atoms with van der Waals surface area (Å²) in [6.45, 7) is 3.95. The van der Waals surface area contributed by atoms with Crippen molar-refractivity contribution in [2.24, 2.45) is 17.6 Å². The Kier molecular flexibility index (Phi) is 4.99. The highest BCUT2D eigenvalue weighted by atomic mass is 16.5. The van der Waals surface area contributed by atoms with E-state index < -0.39 is 5.91 Å². The first-order valence-corrected chi connectivity index (χ1v) is 9.79. The lowest BCUT2D eigenvalue weighted by Gasteiger charge is -2.55. The van der Waals surface area contributed by atoms with Gasteiger partial charge in [0.25, 0.3) is 5.91 Å². The molecule has 3 heterocycles. The fourth-order valence-electron chi connectivity index (χ4n) is 5.48. The van der Waals surface area contributed by atoms with Crippen molar-refractivity contribution >= 4 is 5.91 Å². The van der Waals surface area contributed by atoms with Gasteiger partial charge in [-0.05, 0) is 43.4 Å². The molecular formula is C20H29N3O3. The normalized spacial score (nSPS) is 34.7. The number of nitrogens with zero attached hydrogens (tertiary/aromatic N) is 2. The number of methoxy groups -OCH3 is 1. The minimum Gasteiger partial charge on any atom is -0.377 e. The van der Waals surface area contributed by atoms with Crippen molar-refractivity contribution in [1.82, 2.24) is 9.88 Å². The number of carbonyl (C=O) groups excluding carboxylic acids is 1. The number of fused-ring (bicyclic) bond motifs is 2. The van der Waals surface area contributed by atoms with Crippen LogP contribution in [0.15, 0.2) is 18.3 Å². The van der Waals surface area contributed by atoms with E-state index in [1.165, 1.54) is 19.3 Å². The highest BCUT2D eigenvalue weighted by molar-refractivity contribution is 5.90. The molecule has 142 valence electrons. The van der Waals surface area contributed by atoms with Gasteiger partial charge in [-0.3, -0.25) is 14.7 Å². The Morgan fingerprint density at radius 1 is 1.35 bits per heavy atom. The van der Waals surface area contributed by atoms with Crippen molar-refractivity contribution in [2.45, 2.75) is 43.8 Å². The van der Waals surface area contributed by atoms with Crippen LogP contribution in [0.4, 0.5) is 0 Å². The molecule has 1 aromatic rings. The van der Waals surface area contributed by atoms with Crippen molar-refractivity contribution in [1.29, 1.82) is 0 Å². The molecule has 26 heavy (non-hydrogen) atoms. The lowest BCUT2D eigenvalue weighted by atomic mass is 9.62. The number of aromatic nitrogens is 1. The van der Waals surface area contributed by atoms with Crippen LogP contribution >= 0.6 is 0 Å². The predicted octanol–water partition coefficient (Wildman–Crippen LogP) is 1.93. The first-order chi connectivity index (χ1) is 12.6. The number of amides is 1. The van der Waals surface area contributed by atoms with Crippen LogP contribution in [0.1, 0.15) is 48.2 Å². The van der Waals surface area contributed by atoms with Gasteiger partial charge < -0.3 is 15.2 Å². The van der Waals surface area contributed by atoms with Gasteiger partial charge in [-0.15, -0.1) is 0 Å². The van der Waals surface area contributed by atoms with Crippen LogP contribution in [0.2, 0.25) is 0 Å². The maximum Gasteiger partial charge on any atom is 0.267 e. The minimum atomic E-state index is -0.487. The number of rotatable bonds is 5. The average Bonchev–Trinajstić information content (AvgIpc) is 3.14. The minimum absolute atomic E-state index is 0.318. The molecule has 0 unspecified atom stereocenters. The molecule has 1 aromatic heterocycles. The Morgan fingerprint density at radius 2 is 2.12 bits per heavy atom. The van der Waals surface area contributed by atoms with Gasteiger partial charge in [0.1, 0.15) is 11.3 Å². The van der Waals surface area contributed by atoms with Crippen LogP contribution in [0, 0.1) is 11.8 Å². The molecule has 6 heteroatoms. The maximum atomic E-state index is 11.6. The standard InChI is InChI=1S/C20H29N3O3/c1-25-20(14-7-8-22-18(10-14)19(21)24)15-4-2-5-16(20)12-23(11-15)13-17-6-3-9-26-17/h7-8,10,15-17H,2-6,9,11-13H2,1H3,(H2,21,24)/t15-,16+,17-,20-/m0/s1. The predicted molar refractivity (Wildman–Crippen MR) is 97.7 cm³/mol. The maximum absolute atomic E-state index is 11.6. The van der Waals surface area contributed by atoms with Gasteiger partial charge in [-0.25, -0.2) is 0 Å². The molecule has 3 aliphatic rings. The second-order valence-corrected chi connectivity index (χ2v) is 7.97. The zero-order valence-electron chi connectivity index (χ0n) is 15.5. The second kappa shape index (κ2) is 7.25. The fourth-order valence-corrected chi connectivity index (χ4v) is 5.48. The van der Waals surface area contributed by atoms with E-state index in [0.29, 0.717) is 23.6 Å². The van der Waals surface area contributed by atoms with Crippen molar-refractivity contribution in [3.05, 3.63) is 29.6 Å². The molecule has 0 radical (unpaired) electrons. The molecule has 4 atom stereocenters. The van der Waals surface area contributed by atoms with Crippen LogP contribution in [-0.4, -0.2) is 55.2 Å². The number of ether oxygens (including phenoxy) is 2. The quantitative estimate of drug-likeness (QED) is 0.869. The average molecular weight is 359 g/mol. The van der Waals surface area contributed by atoms with Crippen molar-refractivity contribution in [3.8, 4) is 0 Å². The van der Waals surface area contributed by atoms with Gasteiger partial charge in [0, 0.05) is 51.4 Å². The SMILES string of the molecule is CO[C@]1(c2ccnc(C(N)=O)c2)[C@@H]2CCC[C@H]1CN(C[C@@H]1CCCO1)C2. The Bertz CT molecular complexity index is 645. The Balaban J connectivity index is 1.61. The molecule has 6 nitrogen and oxygen atoms in total. The summed E-state index contributed by atoms with van der Waals surface area (Å²) in [7, 11) is 1.81. The molecule has 2 saturated heterocycles. The molecule has 2 aliphatic heterocycles. The number of likely N-dealkylation sites (tertiary alicyclic amines) is 1. The van der Waals surface area contributed by atoms with E-state index in [0.717, 1.165) is 44.6 Å². The van der Waals surface area contributed by atoms with Gasteiger partial charge in [-0.2, -0.15) is 0 Å². The summed E-state index contributed by atoms with van der Waals surface area (Å²) in [6, 6.07) is 3.84. The summed E-state index contributed by atoms with van der Waals surface area (Å²) < 4.78 is 12.1. The second-order valence-electron chi connectivity index (χ2n) is 7.97. The zero-order valence-corrected chi connectivity index (χ0v) is 15.5. The van der Waals surface area contributed by atoms with Crippen LogP contribution < -0.4 is 5.73 Å². The number of pyridine rings is 1. The van der Waals surface area contributed by atoms with E-state index in [4.69, 9.17) is 15.2 Å². The highest BCUT2D eigenvalue weighted by Gasteiger charge is 2.53. The van der Waals surface area contributed by atoms with Crippen molar-refractivity contribution in [2.75, 3.05) is 33.4 Å². The molecule has 1 amide bonds. The van der Waals surface area contributed by atoms with Gasteiger partial charge in [0.15, 0.2) is 0 Å². The first kappa shape index (κ1) is 17.9. The summed E-state index contributed by atoms with van der Waals surface area (Å²) in [4.78, 5) is 18.3. The van der Waals surface area contributed by atoms with E-state index >= 15 is 0 Å². The number of piperidine rings is 1. The van der Waals surface area contributed by atoms with Gasteiger partial charge in [-0.1, -0.05) is 6.42 Å². The number of nitrogens with two attached hydrogens (primary N) is 1. The zero-order chi connectivity index (χ0) is 18.1. The fraction of sp³-hybridized carbons (Fsp3) is 0.700. The Morgan fingerprint density at radius 3 is 2.73 bits per heavy atom. The summed E-state index contributed by atoms with van der Waals surface area (Å²) in [5.41, 5.74) is 6.48. The molecule has 0 spiro atoms. The Labute approximate surface area is 155 Å². The van der Waals surface area contributed by atoms with Crippen LogP contribution in [0.3, 0.4) is 0 Å². The van der Waals surface area contributed by atoms with E-state index in [2.05, 4.69) is 9.88 Å². The third-order valence-corrected chi connectivity index (χ3v) is 6.56. The summed E-state index contributed by atoms with van der Waals surface area (Å²) in [6.07, 6.45) is 7.94. The Hall–Kier alpha value is -1.50. The number of carbonyl (C=O) groups is 1. The molecule has 0 aromatic carbocycles. The van der Waals surface area contributed by atoms with E-state index in [1.54, 1.807) is 6.20 Å². The summed E-state index contributed by atoms with van der Waals surface area (Å²) in [5.74, 6) is 0.327. The third-order valence-electron chi connectivity index (χ3n) is 6.56. The van der Waals surface area contributed by atoms with Crippen LogP contribution in [0.5, 0.6) is 0 Å². The van der Waals surface area contributed by atoms with Gasteiger partial charge >= 0.3 is 0 Å². The number of hydrogen-bond acceptors (Lipinski definition) is 5. The molecule has 2 N–H and O–H groups in total. The van der Waals surface area contributed by atoms with Gasteiger partial charge in [0.2, 0.25) is 0 Å². The molecule has 3 fully saturated rings. The third kappa shape index (κ3) is 3.04. The first-order valence-electron chi connectivity index (χ1n) is 9.79. The largest absolute Gasteiger partial charge is 0.377 e. The van der Waals surface area contributed by atoms with Crippen molar-refractivity contribution < 1.29 is 14.3 Å². The van der Waals surface area contributed by atoms with Crippen LogP contribution in [-0.2, 0) is 15.1 Å². The summed E-state index contributed by atoms with van der Waals surface area (Å²) in [5, 5.41) is 0. The highest BCUT2D eigenvalue weighted by Crippen LogP contribution is 2.51. The van der Waals surface area contributed by atoms with Gasteiger partial charge in [0.05, 0.1) is 6.10 Å². The van der Waals surface area contributed by atoms with Crippen LogP contribution in [0.25, 0.3) is 0 Å². The molecule has 1 aliphatic carbocycles. The van der Waals surface area contributed by atoms with E-state index in [1.807, 2.05) is 19.2 Å². The lowest BCUT2D eigenvalue weighted by Crippen LogP contribution is -2.59. The lowest BCUT2D eigenvalue weighted by molar-refractivity contribution is -0.171. The molecule has 4 rings (SSSR count). The number of hydrogen-bond donors (Lipinski definition) is 1. The molecular weight excluding hydrogens is 330 g/mol. The van der Waals surface area contributed by atoms with E-state index in [-0.39, 0.29) is 5.60 Å². The monoisotopic (exact) mass is 359 g/mol. The molecule has 1 saturated carbocycles. The van der Waals surface area contributed by atoms with Crippen molar-refractivity contribution in [3.63, 3.8) is 0 Å². The molecule has 2 bridgehead atoms. The smallest absolute Gasteiger partial charge is 0.267 e. The number of primary amides is 1. The van der Waals surface area contributed by atoms with E-state index in [9.17, 15) is 4.79 Å².